The summed E-state index contributed by atoms with van der Waals surface area (Å²) in [6.07, 6.45) is 6.97. The molecular formula is C10H18N2O3S. The summed E-state index contributed by atoms with van der Waals surface area (Å²) in [6, 6.07) is -0.618. The van der Waals surface area contributed by atoms with E-state index in [9.17, 15) is 13.2 Å². The molecule has 0 aromatic rings. The van der Waals surface area contributed by atoms with Gasteiger partial charge in [0.15, 0.2) is 0 Å². The van der Waals surface area contributed by atoms with E-state index in [1.165, 1.54) is 0 Å². The van der Waals surface area contributed by atoms with Gasteiger partial charge in [-0.05, 0) is 19.3 Å². The third kappa shape index (κ3) is 4.76. The Morgan fingerprint density at radius 1 is 1.50 bits per heavy atom. The second-order valence-corrected chi connectivity index (χ2v) is 6.43. The second-order valence-electron chi connectivity index (χ2n) is 4.17. The Morgan fingerprint density at radius 2 is 2.06 bits per heavy atom. The zero-order chi connectivity index (χ0) is 12.2. The number of nitrogens with two attached hydrogens (primary N) is 1. The van der Waals surface area contributed by atoms with Crippen LogP contribution in [-0.4, -0.2) is 38.4 Å². The molecule has 1 unspecified atom stereocenters. The van der Waals surface area contributed by atoms with E-state index in [-0.39, 0.29) is 24.1 Å². The molecule has 0 saturated heterocycles. The normalized spacial score (nSPS) is 18.6. The van der Waals surface area contributed by atoms with Crippen molar-refractivity contribution in [3.05, 3.63) is 12.2 Å². The fourth-order valence-corrected chi connectivity index (χ4v) is 2.20. The average Bonchev–Trinajstić information content (AvgIpc) is 2.65. The monoisotopic (exact) mass is 246 g/mol. The molecule has 1 rings (SSSR count). The van der Waals surface area contributed by atoms with Crippen LogP contribution in [0.15, 0.2) is 12.2 Å². The second kappa shape index (κ2) is 5.45. The number of sulfone groups is 1. The predicted octanol–water partition coefficient (Wildman–Crippen LogP) is -0.417. The van der Waals surface area contributed by atoms with Gasteiger partial charge in [-0.25, -0.2) is 8.42 Å². The number of nitrogens with one attached hydrogen (secondary N) is 1. The van der Waals surface area contributed by atoms with E-state index in [1.807, 2.05) is 12.2 Å². The van der Waals surface area contributed by atoms with Gasteiger partial charge in [-0.2, -0.15) is 0 Å². The molecule has 6 heteroatoms. The summed E-state index contributed by atoms with van der Waals surface area (Å²) in [6.45, 7) is 0. The number of rotatable bonds is 5. The van der Waals surface area contributed by atoms with Gasteiger partial charge in [-0.3, -0.25) is 4.79 Å². The molecule has 16 heavy (non-hydrogen) atoms. The highest BCUT2D eigenvalue weighted by Crippen LogP contribution is 2.09. The van der Waals surface area contributed by atoms with Crippen LogP contribution in [0.2, 0.25) is 0 Å². The van der Waals surface area contributed by atoms with Crippen LogP contribution in [0.5, 0.6) is 0 Å². The van der Waals surface area contributed by atoms with Crippen LogP contribution in [0.3, 0.4) is 0 Å². The van der Waals surface area contributed by atoms with E-state index in [1.54, 1.807) is 0 Å². The number of amides is 1. The van der Waals surface area contributed by atoms with Gasteiger partial charge in [0, 0.05) is 12.3 Å². The third-order valence-corrected chi connectivity index (χ3v) is 3.47. The maximum Gasteiger partial charge on any atom is 0.237 e. The first-order valence-corrected chi connectivity index (χ1v) is 7.33. The van der Waals surface area contributed by atoms with Gasteiger partial charge in [0.2, 0.25) is 5.91 Å². The summed E-state index contributed by atoms with van der Waals surface area (Å²) in [4.78, 5) is 11.6. The Morgan fingerprint density at radius 3 is 2.56 bits per heavy atom. The summed E-state index contributed by atoms with van der Waals surface area (Å²) in [7, 11) is -3.05. The molecule has 0 bridgehead atoms. The van der Waals surface area contributed by atoms with Crippen LogP contribution < -0.4 is 11.1 Å². The van der Waals surface area contributed by atoms with Crippen molar-refractivity contribution < 1.29 is 13.2 Å². The van der Waals surface area contributed by atoms with Crippen LogP contribution in [-0.2, 0) is 14.6 Å². The van der Waals surface area contributed by atoms with Gasteiger partial charge in [0.1, 0.15) is 9.84 Å². The Bertz CT molecular complexity index is 368. The van der Waals surface area contributed by atoms with Crippen LogP contribution in [0, 0.1) is 0 Å². The van der Waals surface area contributed by atoms with E-state index in [2.05, 4.69) is 5.32 Å². The van der Waals surface area contributed by atoms with Crippen molar-refractivity contribution >= 4 is 15.7 Å². The molecule has 0 spiro atoms. The lowest BCUT2D eigenvalue weighted by Crippen LogP contribution is -2.45. The average molecular weight is 246 g/mol. The summed E-state index contributed by atoms with van der Waals surface area (Å²) in [5.74, 6) is -0.317. The van der Waals surface area contributed by atoms with Crippen molar-refractivity contribution in [2.24, 2.45) is 5.73 Å². The van der Waals surface area contributed by atoms with Crippen LogP contribution >= 0.6 is 0 Å². The molecule has 0 saturated carbocycles. The fourth-order valence-electron chi connectivity index (χ4n) is 1.52. The Labute approximate surface area is 96.0 Å². The maximum atomic E-state index is 11.6. The van der Waals surface area contributed by atoms with Gasteiger partial charge >= 0.3 is 0 Å². The summed E-state index contributed by atoms with van der Waals surface area (Å²) < 4.78 is 21.8. The van der Waals surface area contributed by atoms with E-state index >= 15 is 0 Å². The topological polar surface area (TPSA) is 89.3 Å². The summed E-state index contributed by atoms with van der Waals surface area (Å²) in [5, 5.41) is 2.79. The molecule has 1 aliphatic rings. The van der Waals surface area contributed by atoms with Crippen molar-refractivity contribution in [2.45, 2.75) is 31.3 Å². The number of hydrogen-bond donors (Lipinski definition) is 2. The molecule has 0 aliphatic heterocycles. The van der Waals surface area contributed by atoms with E-state index in [4.69, 9.17) is 5.73 Å². The lowest BCUT2D eigenvalue weighted by Gasteiger charge is -2.16. The quantitative estimate of drug-likeness (QED) is 0.645. The first-order valence-electron chi connectivity index (χ1n) is 5.27. The Kier molecular flexibility index (Phi) is 4.49. The first-order chi connectivity index (χ1) is 7.38. The molecule has 0 aromatic heterocycles. The minimum atomic E-state index is -3.05. The molecule has 0 fully saturated rings. The SMILES string of the molecule is CS(=O)(=O)CCC(N)C(=O)NC1CC=CC1. The van der Waals surface area contributed by atoms with E-state index in [0.717, 1.165) is 19.1 Å². The predicted molar refractivity (Wildman–Crippen MR) is 62.6 cm³/mol. The van der Waals surface area contributed by atoms with Gasteiger partial charge in [-0.1, -0.05) is 12.2 Å². The molecule has 1 aliphatic carbocycles. The Hall–Kier alpha value is -0.880. The zero-order valence-corrected chi connectivity index (χ0v) is 10.2. The standard InChI is InChI=1S/C10H18N2O3S/c1-16(14,15)7-6-9(11)10(13)12-8-4-2-3-5-8/h2-3,8-9H,4-7,11H2,1H3,(H,12,13). The van der Waals surface area contributed by atoms with Gasteiger partial charge < -0.3 is 11.1 Å². The molecular weight excluding hydrogens is 228 g/mol. The van der Waals surface area contributed by atoms with E-state index < -0.39 is 15.9 Å². The van der Waals surface area contributed by atoms with Crippen LogP contribution in [0.4, 0.5) is 0 Å². The largest absolute Gasteiger partial charge is 0.351 e. The minimum Gasteiger partial charge on any atom is -0.351 e. The number of carbonyl (C=O) groups excluding carboxylic acids is 1. The smallest absolute Gasteiger partial charge is 0.237 e. The molecule has 0 aromatic carbocycles. The minimum absolute atomic E-state index is 0.0511. The lowest BCUT2D eigenvalue weighted by molar-refractivity contribution is -0.123. The fraction of sp³-hybridized carbons (Fsp3) is 0.700. The van der Waals surface area contributed by atoms with Crippen LogP contribution in [0.25, 0.3) is 0 Å². The van der Waals surface area contributed by atoms with Crippen molar-refractivity contribution in [1.29, 1.82) is 0 Å². The number of hydrogen-bond acceptors (Lipinski definition) is 4. The van der Waals surface area contributed by atoms with Crippen molar-refractivity contribution in [3.8, 4) is 0 Å². The van der Waals surface area contributed by atoms with Crippen molar-refractivity contribution in [3.63, 3.8) is 0 Å². The van der Waals surface area contributed by atoms with Gasteiger partial charge in [-0.15, -0.1) is 0 Å². The van der Waals surface area contributed by atoms with Crippen molar-refractivity contribution in [2.75, 3.05) is 12.0 Å². The van der Waals surface area contributed by atoms with Gasteiger partial charge in [0.25, 0.3) is 0 Å². The molecule has 1 amide bonds. The number of carbonyl (C=O) groups is 1. The van der Waals surface area contributed by atoms with Gasteiger partial charge in [0.05, 0.1) is 11.8 Å². The molecule has 0 radical (unpaired) electrons. The Balaban J connectivity index is 2.30. The van der Waals surface area contributed by atoms with E-state index in [0.29, 0.717) is 0 Å². The highest BCUT2D eigenvalue weighted by Gasteiger charge is 2.19. The molecule has 0 heterocycles. The molecule has 1 atom stereocenters. The highest BCUT2D eigenvalue weighted by molar-refractivity contribution is 7.90. The first kappa shape index (κ1) is 13.2. The van der Waals surface area contributed by atoms with Crippen molar-refractivity contribution in [1.82, 2.24) is 5.32 Å². The molecule has 5 nitrogen and oxygen atoms in total. The summed E-state index contributed by atoms with van der Waals surface area (Å²) in [5.41, 5.74) is 5.61. The molecule has 92 valence electrons. The van der Waals surface area contributed by atoms with Crippen LogP contribution in [0.1, 0.15) is 19.3 Å². The maximum absolute atomic E-state index is 11.6. The zero-order valence-electron chi connectivity index (χ0n) is 9.35. The summed E-state index contributed by atoms with van der Waals surface area (Å²) >= 11 is 0. The highest BCUT2D eigenvalue weighted by atomic mass is 32.2. The molecule has 3 N–H and O–H groups in total. The third-order valence-electron chi connectivity index (χ3n) is 2.49. The lowest BCUT2D eigenvalue weighted by atomic mass is 10.2.